The van der Waals surface area contributed by atoms with Gasteiger partial charge in [0.05, 0.1) is 20.1 Å². The van der Waals surface area contributed by atoms with Crippen LogP contribution in [0.3, 0.4) is 0 Å². The van der Waals surface area contributed by atoms with E-state index in [1.165, 1.54) is 7.11 Å². The predicted octanol–water partition coefficient (Wildman–Crippen LogP) is 2.23. The van der Waals surface area contributed by atoms with Crippen molar-refractivity contribution < 1.29 is 23.8 Å². The highest BCUT2D eigenvalue weighted by Gasteiger charge is 2.44. The van der Waals surface area contributed by atoms with E-state index in [0.29, 0.717) is 6.42 Å². The van der Waals surface area contributed by atoms with E-state index >= 15 is 0 Å². The number of hydrogen-bond donors (Lipinski definition) is 1. The molecule has 1 aromatic carbocycles. The largest absolute Gasteiger partial charge is 0.497 e. The van der Waals surface area contributed by atoms with E-state index in [4.69, 9.17) is 14.2 Å². The molecule has 0 saturated carbocycles. The summed E-state index contributed by atoms with van der Waals surface area (Å²) in [6.07, 6.45) is 0.346. The Labute approximate surface area is 142 Å². The van der Waals surface area contributed by atoms with Crippen molar-refractivity contribution in [3.05, 3.63) is 29.8 Å². The van der Waals surface area contributed by atoms with Crippen LogP contribution in [0.2, 0.25) is 0 Å². The van der Waals surface area contributed by atoms with Gasteiger partial charge < -0.3 is 14.2 Å². The topological polar surface area (TPSA) is 73.9 Å². The summed E-state index contributed by atoms with van der Waals surface area (Å²) in [5.74, 6) is -0.418. The molecule has 6 heteroatoms. The second-order valence-electron chi connectivity index (χ2n) is 6.87. The van der Waals surface area contributed by atoms with Crippen LogP contribution >= 0.6 is 0 Å². The van der Waals surface area contributed by atoms with Gasteiger partial charge in [0.1, 0.15) is 17.4 Å². The minimum Gasteiger partial charge on any atom is -0.497 e. The number of carbonyl (C=O) groups excluding carboxylic acids is 2. The Morgan fingerprint density at radius 1 is 1.08 bits per heavy atom. The summed E-state index contributed by atoms with van der Waals surface area (Å²) in [6.45, 7) is 5.48. The van der Waals surface area contributed by atoms with Gasteiger partial charge in [-0.25, -0.2) is 0 Å². The molecule has 1 aromatic rings. The van der Waals surface area contributed by atoms with Crippen molar-refractivity contribution in [1.29, 1.82) is 0 Å². The van der Waals surface area contributed by atoms with Crippen molar-refractivity contribution in [2.45, 2.75) is 44.9 Å². The molecular formula is C18H25NO5. The first-order chi connectivity index (χ1) is 11.2. The lowest BCUT2D eigenvalue weighted by atomic mass is 9.93. The number of ether oxygens (including phenoxy) is 3. The van der Waals surface area contributed by atoms with Crippen LogP contribution in [0.25, 0.3) is 0 Å². The lowest BCUT2D eigenvalue weighted by molar-refractivity contribution is -0.160. The van der Waals surface area contributed by atoms with Crippen LogP contribution in [0.1, 0.15) is 38.8 Å². The Morgan fingerprint density at radius 3 is 2.21 bits per heavy atom. The molecular weight excluding hydrogens is 310 g/mol. The summed E-state index contributed by atoms with van der Waals surface area (Å²) in [7, 11) is 2.94. The fourth-order valence-electron chi connectivity index (χ4n) is 2.85. The molecule has 1 saturated heterocycles. The maximum Gasteiger partial charge on any atom is 0.322 e. The third-order valence-electron chi connectivity index (χ3n) is 3.94. The summed E-state index contributed by atoms with van der Waals surface area (Å²) >= 11 is 0. The summed E-state index contributed by atoms with van der Waals surface area (Å²) < 4.78 is 15.5. The molecule has 1 aliphatic heterocycles. The maximum atomic E-state index is 12.6. The van der Waals surface area contributed by atoms with Crippen LogP contribution < -0.4 is 10.1 Å². The monoisotopic (exact) mass is 335 g/mol. The highest BCUT2D eigenvalue weighted by Crippen LogP contribution is 2.35. The van der Waals surface area contributed by atoms with Crippen LogP contribution in [-0.2, 0) is 19.1 Å². The lowest BCUT2D eigenvalue weighted by Gasteiger charge is -2.25. The Hall–Kier alpha value is -2.08. The summed E-state index contributed by atoms with van der Waals surface area (Å²) in [5, 5.41) is 3.20. The molecule has 1 heterocycles. The second kappa shape index (κ2) is 7.21. The molecule has 1 aliphatic rings. The van der Waals surface area contributed by atoms with Gasteiger partial charge in [0.15, 0.2) is 0 Å². The molecule has 0 bridgehead atoms. The standard InChI is InChI=1S/C18H25NO5/c1-18(2,3)24-16(20)13-10-14(17(21)23-5)19-15(13)11-6-8-12(22-4)9-7-11/h6-9,13-15,19H,10H2,1-5H3. The Morgan fingerprint density at radius 2 is 1.71 bits per heavy atom. The molecule has 1 fully saturated rings. The first-order valence-corrected chi connectivity index (χ1v) is 7.96. The van der Waals surface area contributed by atoms with E-state index in [1.54, 1.807) is 7.11 Å². The van der Waals surface area contributed by atoms with E-state index in [9.17, 15) is 9.59 Å². The average Bonchev–Trinajstić information content (AvgIpc) is 2.98. The SMILES string of the molecule is COC(=O)C1CC(C(=O)OC(C)(C)C)C(c2ccc(OC)cc2)N1. The van der Waals surface area contributed by atoms with E-state index in [1.807, 2.05) is 45.0 Å². The highest BCUT2D eigenvalue weighted by atomic mass is 16.6. The number of benzene rings is 1. The molecule has 6 nitrogen and oxygen atoms in total. The average molecular weight is 335 g/mol. The van der Waals surface area contributed by atoms with Crippen LogP contribution in [0.5, 0.6) is 5.75 Å². The third-order valence-corrected chi connectivity index (χ3v) is 3.94. The Bertz CT molecular complexity index is 590. The predicted molar refractivity (Wildman–Crippen MR) is 88.6 cm³/mol. The van der Waals surface area contributed by atoms with Crippen molar-refractivity contribution in [1.82, 2.24) is 5.32 Å². The van der Waals surface area contributed by atoms with Crippen molar-refractivity contribution in [2.75, 3.05) is 14.2 Å². The van der Waals surface area contributed by atoms with Crippen molar-refractivity contribution >= 4 is 11.9 Å². The molecule has 0 aliphatic carbocycles. The molecule has 0 amide bonds. The zero-order chi connectivity index (χ0) is 17.9. The minimum atomic E-state index is -0.578. The van der Waals surface area contributed by atoms with E-state index in [-0.39, 0.29) is 18.0 Å². The van der Waals surface area contributed by atoms with Crippen LogP contribution in [0.4, 0.5) is 0 Å². The zero-order valence-corrected chi connectivity index (χ0v) is 14.8. The highest BCUT2D eigenvalue weighted by molar-refractivity contribution is 5.80. The van der Waals surface area contributed by atoms with Gasteiger partial charge in [-0.05, 0) is 44.9 Å². The lowest BCUT2D eigenvalue weighted by Crippen LogP contribution is -2.33. The molecule has 0 spiro atoms. The number of rotatable bonds is 4. The van der Waals surface area contributed by atoms with E-state index < -0.39 is 17.6 Å². The molecule has 132 valence electrons. The summed E-state index contributed by atoms with van der Waals surface area (Å²) in [5.41, 5.74) is 0.323. The minimum absolute atomic E-state index is 0.310. The van der Waals surface area contributed by atoms with Gasteiger partial charge in [-0.3, -0.25) is 14.9 Å². The van der Waals surface area contributed by atoms with Crippen LogP contribution in [0.15, 0.2) is 24.3 Å². The van der Waals surface area contributed by atoms with Crippen LogP contribution in [-0.4, -0.2) is 37.8 Å². The normalized spacial score (nSPS) is 23.6. The van der Waals surface area contributed by atoms with Gasteiger partial charge in [0.25, 0.3) is 0 Å². The molecule has 1 N–H and O–H groups in total. The van der Waals surface area contributed by atoms with Gasteiger partial charge in [0.2, 0.25) is 0 Å². The smallest absolute Gasteiger partial charge is 0.322 e. The van der Waals surface area contributed by atoms with Gasteiger partial charge in [0, 0.05) is 6.04 Å². The Balaban J connectivity index is 2.25. The van der Waals surface area contributed by atoms with Crippen molar-refractivity contribution in [3.8, 4) is 5.75 Å². The quantitative estimate of drug-likeness (QED) is 0.851. The molecule has 2 rings (SSSR count). The zero-order valence-electron chi connectivity index (χ0n) is 14.8. The molecule has 0 radical (unpaired) electrons. The van der Waals surface area contributed by atoms with Crippen molar-refractivity contribution in [3.63, 3.8) is 0 Å². The number of carbonyl (C=O) groups is 2. The second-order valence-corrected chi connectivity index (χ2v) is 6.87. The third kappa shape index (κ3) is 4.26. The fraction of sp³-hybridized carbons (Fsp3) is 0.556. The number of methoxy groups -OCH3 is 2. The Kier molecular flexibility index (Phi) is 5.49. The van der Waals surface area contributed by atoms with Gasteiger partial charge in [-0.2, -0.15) is 0 Å². The first kappa shape index (κ1) is 18.3. The number of hydrogen-bond acceptors (Lipinski definition) is 6. The molecule has 0 aromatic heterocycles. The number of esters is 2. The van der Waals surface area contributed by atoms with E-state index in [0.717, 1.165) is 11.3 Å². The van der Waals surface area contributed by atoms with E-state index in [2.05, 4.69) is 5.32 Å². The van der Waals surface area contributed by atoms with Gasteiger partial charge in [-0.1, -0.05) is 12.1 Å². The van der Waals surface area contributed by atoms with Gasteiger partial charge in [-0.15, -0.1) is 0 Å². The maximum absolute atomic E-state index is 12.6. The summed E-state index contributed by atoms with van der Waals surface area (Å²) in [4.78, 5) is 24.5. The fourth-order valence-corrected chi connectivity index (χ4v) is 2.85. The van der Waals surface area contributed by atoms with Crippen molar-refractivity contribution in [2.24, 2.45) is 5.92 Å². The molecule has 24 heavy (non-hydrogen) atoms. The number of nitrogens with one attached hydrogen (secondary N) is 1. The van der Waals surface area contributed by atoms with Gasteiger partial charge >= 0.3 is 11.9 Å². The van der Waals surface area contributed by atoms with Crippen LogP contribution in [0, 0.1) is 5.92 Å². The summed E-state index contributed by atoms with van der Waals surface area (Å²) in [6, 6.07) is 6.58. The molecule has 3 atom stereocenters. The first-order valence-electron chi connectivity index (χ1n) is 7.96. The molecule has 3 unspecified atom stereocenters.